The number of ether oxygens (including phenoxy) is 1. The number of carboxylic acid groups (broad SMARTS) is 1. The molecule has 0 aliphatic carbocycles. The molecule has 0 radical (unpaired) electrons. The second kappa shape index (κ2) is 11.5. The molecule has 4 rings (SSSR count). The van der Waals surface area contributed by atoms with E-state index in [1.54, 1.807) is 31.4 Å². The molecule has 0 saturated carbocycles. The number of rotatable bonds is 7. The van der Waals surface area contributed by atoms with Crippen molar-refractivity contribution in [1.29, 1.82) is 0 Å². The molecule has 0 unspecified atom stereocenters. The molecule has 8 heteroatoms. The van der Waals surface area contributed by atoms with Crippen molar-refractivity contribution < 1.29 is 19.0 Å². The van der Waals surface area contributed by atoms with Gasteiger partial charge in [-0.1, -0.05) is 36.4 Å². The van der Waals surface area contributed by atoms with Crippen molar-refractivity contribution in [3.63, 3.8) is 0 Å². The Balaban J connectivity index is 1.49. The molecule has 0 amide bonds. The normalized spacial score (nSPS) is 14.6. The lowest BCUT2D eigenvalue weighted by molar-refractivity contribution is 0.0697. The zero-order chi connectivity index (χ0) is 24.6. The molecule has 0 bridgehead atoms. The maximum absolute atomic E-state index is 14.1. The Kier molecular flexibility index (Phi) is 7.95. The highest BCUT2D eigenvalue weighted by Gasteiger charge is 2.21. The molecule has 0 spiro atoms. The van der Waals surface area contributed by atoms with Crippen LogP contribution in [0, 0.1) is 5.82 Å². The van der Waals surface area contributed by atoms with Gasteiger partial charge in [-0.2, -0.15) is 0 Å². The second-order valence-corrected chi connectivity index (χ2v) is 8.36. The van der Waals surface area contributed by atoms with E-state index in [4.69, 9.17) is 9.73 Å². The SMILES string of the molecule is COc1cccc(CN=C(Nc2cccc(C(=O)O)c2)N2CCN(Cc3ccccc3F)CC2)c1. The maximum atomic E-state index is 14.1. The highest BCUT2D eigenvalue weighted by atomic mass is 19.1. The number of aliphatic imine (C=N–C) groups is 1. The first-order valence-electron chi connectivity index (χ1n) is 11.5. The zero-order valence-electron chi connectivity index (χ0n) is 19.7. The summed E-state index contributed by atoms with van der Waals surface area (Å²) in [6, 6.07) is 21.3. The van der Waals surface area contributed by atoms with Crippen LogP contribution < -0.4 is 10.1 Å². The molecule has 3 aromatic carbocycles. The van der Waals surface area contributed by atoms with Gasteiger partial charge in [0.1, 0.15) is 11.6 Å². The lowest BCUT2D eigenvalue weighted by Gasteiger charge is -2.36. The zero-order valence-corrected chi connectivity index (χ0v) is 19.7. The summed E-state index contributed by atoms with van der Waals surface area (Å²) in [6.07, 6.45) is 0. The predicted molar refractivity (Wildman–Crippen MR) is 134 cm³/mol. The van der Waals surface area contributed by atoms with E-state index in [-0.39, 0.29) is 11.4 Å². The van der Waals surface area contributed by atoms with E-state index in [0.717, 1.165) is 24.4 Å². The number of carbonyl (C=O) groups is 1. The first kappa shape index (κ1) is 24.2. The number of nitrogens with one attached hydrogen (secondary N) is 1. The standard InChI is InChI=1S/C27H29FN4O3/c1-35-24-10-4-6-20(16-24)18-29-27(30-23-9-5-8-21(17-23)26(33)34)32-14-12-31(13-15-32)19-22-7-2-3-11-25(22)28/h2-11,16-17H,12-15,18-19H2,1H3,(H,29,30)(H,33,34). The van der Waals surface area contributed by atoms with Crippen LogP contribution in [0.15, 0.2) is 77.8 Å². The van der Waals surface area contributed by atoms with Crippen LogP contribution in [0.4, 0.5) is 10.1 Å². The van der Waals surface area contributed by atoms with E-state index in [1.165, 1.54) is 6.07 Å². The number of hydrogen-bond acceptors (Lipinski definition) is 4. The van der Waals surface area contributed by atoms with Crippen molar-refractivity contribution in [1.82, 2.24) is 9.80 Å². The number of aromatic carboxylic acids is 1. The summed E-state index contributed by atoms with van der Waals surface area (Å²) in [5.41, 5.74) is 2.55. The summed E-state index contributed by atoms with van der Waals surface area (Å²) in [6.45, 7) is 3.92. The molecule has 0 atom stereocenters. The van der Waals surface area contributed by atoms with Gasteiger partial charge in [-0.15, -0.1) is 0 Å². The molecule has 1 aliphatic heterocycles. The van der Waals surface area contributed by atoms with Crippen LogP contribution >= 0.6 is 0 Å². The van der Waals surface area contributed by atoms with E-state index in [9.17, 15) is 14.3 Å². The lowest BCUT2D eigenvalue weighted by atomic mass is 10.2. The highest BCUT2D eigenvalue weighted by molar-refractivity contribution is 5.95. The van der Waals surface area contributed by atoms with E-state index < -0.39 is 5.97 Å². The quantitative estimate of drug-likeness (QED) is 0.391. The van der Waals surface area contributed by atoms with Gasteiger partial charge >= 0.3 is 5.97 Å². The van der Waals surface area contributed by atoms with Gasteiger partial charge < -0.3 is 20.1 Å². The van der Waals surface area contributed by atoms with Crippen LogP contribution in [0.1, 0.15) is 21.5 Å². The fourth-order valence-corrected chi connectivity index (χ4v) is 4.00. The molecular formula is C27H29FN4O3. The van der Waals surface area contributed by atoms with Gasteiger partial charge in [-0.3, -0.25) is 4.90 Å². The summed E-state index contributed by atoms with van der Waals surface area (Å²) in [4.78, 5) is 20.6. The number of piperazine rings is 1. The molecule has 1 heterocycles. The van der Waals surface area contributed by atoms with Crippen molar-refractivity contribution in [2.45, 2.75) is 13.1 Å². The molecule has 1 aliphatic rings. The average Bonchev–Trinajstić information content (AvgIpc) is 2.88. The maximum Gasteiger partial charge on any atom is 0.335 e. The van der Waals surface area contributed by atoms with Crippen LogP contribution in [-0.4, -0.2) is 60.1 Å². The minimum absolute atomic E-state index is 0.185. The summed E-state index contributed by atoms with van der Waals surface area (Å²) < 4.78 is 19.4. The third kappa shape index (κ3) is 6.58. The van der Waals surface area contributed by atoms with Crippen LogP contribution in [0.3, 0.4) is 0 Å². The van der Waals surface area contributed by atoms with Gasteiger partial charge in [-0.05, 0) is 42.0 Å². The first-order valence-corrected chi connectivity index (χ1v) is 11.5. The van der Waals surface area contributed by atoms with Gasteiger partial charge in [0.2, 0.25) is 0 Å². The fraction of sp³-hybridized carbons (Fsp3) is 0.259. The Bertz CT molecular complexity index is 1190. The van der Waals surface area contributed by atoms with Crippen molar-refractivity contribution in [2.24, 2.45) is 4.99 Å². The highest BCUT2D eigenvalue weighted by Crippen LogP contribution is 2.17. The van der Waals surface area contributed by atoms with E-state index in [0.29, 0.717) is 43.4 Å². The third-order valence-electron chi connectivity index (χ3n) is 5.93. The van der Waals surface area contributed by atoms with Gasteiger partial charge in [-0.25, -0.2) is 14.2 Å². The minimum atomic E-state index is -0.981. The molecule has 182 valence electrons. The molecule has 35 heavy (non-hydrogen) atoms. The largest absolute Gasteiger partial charge is 0.497 e. The minimum Gasteiger partial charge on any atom is -0.497 e. The van der Waals surface area contributed by atoms with Gasteiger partial charge in [0.15, 0.2) is 5.96 Å². The van der Waals surface area contributed by atoms with Crippen LogP contribution in [0.25, 0.3) is 0 Å². The summed E-state index contributed by atoms with van der Waals surface area (Å²) in [5, 5.41) is 12.7. The van der Waals surface area contributed by atoms with Gasteiger partial charge in [0.25, 0.3) is 0 Å². The number of anilines is 1. The topological polar surface area (TPSA) is 77.4 Å². The van der Waals surface area contributed by atoms with E-state index in [2.05, 4.69) is 15.1 Å². The predicted octanol–water partition coefficient (Wildman–Crippen LogP) is 4.32. The number of benzene rings is 3. The number of hydrogen-bond donors (Lipinski definition) is 2. The molecule has 7 nitrogen and oxygen atoms in total. The molecule has 1 fully saturated rings. The molecule has 1 saturated heterocycles. The van der Waals surface area contributed by atoms with Crippen LogP contribution in [0.5, 0.6) is 5.75 Å². The van der Waals surface area contributed by atoms with Crippen molar-refractivity contribution >= 4 is 17.6 Å². The second-order valence-electron chi connectivity index (χ2n) is 8.36. The number of methoxy groups -OCH3 is 1. The smallest absolute Gasteiger partial charge is 0.335 e. The third-order valence-corrected chi connectivity index (χ3v) is 5.93. The Morgan fingerprint density at radius 1 is 1.03 bits per heavy atom. The Hall–Kier alpha value is -3.91. The van der Waals surface area contributed by atoms with E-state index in [1.807, 2.05) is 42.5 Å². The Morgan fingerprint density at radius 3 is 2.54 bits per heavy atom. The van der Waals surface area contributed by atoms with Gasteiger partial charge in [0.05, 0.1) is 19.2 Å². The number of halogens is 1. The first-order chi connectivity index (χ1) is 17.0. The monoisotopic (exact) mass is 476 g/mol. The molecular weight excluding hydrogens is 447 g/mol. The number of nitrogens with zero attached hydrogens (tertiary/aromatic N) is 3. The Labute approximate surface area is 204 Å². The summed E-state index contributed by atoms with van der Waals surface area (Å²) in [7, 11) is 1.63. The molecule has 0 aromatic heterocycles. The molecule has 2 N–H and O–H groups in total. The Morgan fingerprint density at radius 2 is 1.80 bits per heavy atom. The van der Waals surface area contributed by atoms with Crippen LogP contribution in [-0.2, 0) is 13.1 Å². The van der Waals surface area contributed by atoms with Gasteiger partial charge in [0, 0.05) is 44.0 Å². The molecule has 3 aromatic rings. The fourth-order valence-electron chi connectivity index (χ4n) is 4.00. The van der Waals surface area contributed by atoms with Crippen LogP contribution in [0.2, 0.25) is 0 Å². The van der Waals surface area contributed by atoms with Crippen molar-refractivity contribution in [3.05, 3.63) is 95.3 Å². The van der Waals surface area contributed by atoms with Crippen molar-refractivity contribution in [2.75, 3.05) is 38.6 Å². The van der Waals surface area contributed by atoms with E-state index >= 15 is 0 Å². The van der Waals surface area contributed by atoms with Crippen molar-refractivity contribution in [3.8, 4) is 5.75 Å². The number of carboxylic acids is 1. The number of guanidine groups is 1. The lowest BCUT2D eigenvalue weighted by Crippen LogP contribution is -2.50. The summed E-state index contributed by atoms with van der Waals surface area (Å²) in [5.74, 6) is 0.268. The average molecular weight is 477 g/mol. The summed E-state index contributed by atoms with van der Waals surface area (Å²) >= 11 is 0.